The van der Waals surface area contributed by atoms with Crippen molar-refractivity contribution in [2.45, 2.75) is 12.7 Å². The van der Waals surface area contributed by atoms with E-state index >= 15 is 0 Å². The van der Waals surface area contributed by atoms with Gasteiger partial charge in [-0.2, -0.15) is 13.2 Å². The summed E-state index contributed by atoms with van der Waals surface area (Å²) in [5, 5.41) is 14.1. The first-order valence-electron chi connectivity index (χ1n) is 7.62. The number of carbonyl (C=O) groups is 1. The van der Waals surface area contributed by atoms with E-state index in [0.717, 1.165) is 38.0 Å². The molecule has 4 aromatic rings. The number of alkyl halides is 3. The molecule has 12 heteroatoms. The molecule has 0 fully saturated rings. The Morgan fingerprint density at radius 3 is 2.57 bits per heavy atom. The van der Waals surface area contributed by atoms with Crippen LogP contribution < -0.4 is 5.73 Å². The van der Waals surface area contributed by atoms with E-state index in [9.17, 15) is 13.2 Å². The third-order valence-corrected chi connectivity index (χ3v) is 5.16. The third kappa shape index (κ3) is 4.35. The molecule has 0 aromatic carbocycles. The van der Waals surface area contributed by atoms with Gasteiger partial charge < -0.3 is 15.8 Å². The molecule has 4 rings (SSSR count). The van der Waals surface area contributed by atoms with Crippen LogP contribution in [0.15, 0.2) is 35.3 Å². The van der Waals surface area contributed by atoms with Crippen LogP contribution in [0.5, 0.6) is 0 Å². The average molecular weight is 427 g/mol. The maximum Gasteiger partial charge on any atom is 0.490 e. The van der Waals surface area contributed by atoms with Crippen LogP contribution in [0.1, 0.15) is 5.01 Å². The predicted octanol–water partition coefficient (Wildman–Crippen LogP) is 3.90. The Bertz CT molecular complexity index is 1100. The summed E-state index contributed by atoms with van der Waals surface area (Å²) in [6, 6.07) is 3.98. The molecule has 7 nitrogen and oxygen atoms in total. The number of nitrogens with one attached hydrogen (secondary N) is 1. The van der Waals surface area contributed by atoms with Gasteiger partial charge in [0.15, 0.2) is 0 Å². The Hall–Kier alpha value is -2.83. The van der Waals surface area contributed by atoms with Crippen molar-refractivity contribution in [1.29, 1.82) is 0 Å². The Balaban J connectivity index is 0.000000279. The number of aliphatic carboxylic acids is 1. The molecule has 0 bridgehead atoms. The molecule has 4 heterocycles. The average Bonchev–Trinajstić information content (AvgIpc) is 3.39. The lowest BCUT2D eigenvalue weighted by Crippen LogP contribution is -2.21. The summed E-state index contributed by atoms with van der Waals surface area (Å²) in [6.07, 6.45) is -1.36. The maximum absolute atomic E-state index is 10.6. The fraction of sp³-hybridized carbons (Fsp3) is 0.125. The minimum absolute atomic E-state index is 0.469. The van der Waals surface area contributed by atoms with Crippen LogP contribution in [0, 0.1) is 0 Å². The Morgan fingerprint density at radius 1 is 1.21 bits per heavy atom. The first kappa shape index (κ1) is 19.9. The van der Waals surface area contributed by atoms with Gasteiger partial charge in [-0.25, -0.2) is 19.7 Å². The van der Waals surface area contributed by atoms with Crippen molar-refractivity contribution in [1.82, 2.24) is 19.9 Å². The lowest BCUT2D eigenvalue weighted by atomic mass is 10.2. The molecule has 0 amide bonds. The van der Waals surface area contributed by atoms with E-state index in [4.69, 9.17) is 20.6 Å². The van der Waals surface area contributed by atoms with Crippen molar-refractivity contribution in [2.75, 3.05) is 0 Å². The van der Waals surface area contributed by atoms with E-state index in [0.29, 0.717) is 6.54 Å². The van der Waals surface area contributed by atoms with E-state index in [1.165, 1.54) is 0 Å². The Morgan fingerprint density at radius 2 is 1.93 bits per heavy atom. The fourth-order valence-electron chi connectivity index (χ4n) is 2.19. The van der Waals surface area contributed by atoms with Gasteiger partial charge in [-0.1, -0.05) is 0 Å². The molecule has 28 heavy (non-hydrogen) atoms. The van der Waals surface area contributed by atoms with Crippen molar-refractivity contribution in [3.8, 4) is 22.0 Å². The molecule has 4 aromatic heterocycles. The van der Waals surface area contributed by atoms with Crippen LogP contribution in [0.3, 0.4) is 0 Å². The predicted molar refractivity (Wildman–Crippen MR) is 99.9 cm³/mol. The van der Waals surface area contributed by atoms with Gasteiger partial charge in [0.05, 0.1) is 5.69 Å². The number of carboxylic acids is 1. The number of rotatable bonds is 3. The zero-order valence-electron chi connectivity index (χ0n) is 13.9. The van der Waals surface area contributed by atoms with Gasteiger partial charge in [0.2, 0.25) is 0 Å². The van der Waals surface area contributed by atoms with E-state index in [1.54, 1.807) is 28.9 Å². The lowest BCUT2D eigenvalue weighted by Gasteiger charge is -1.93. The molecule has 0 radical (unpaired) electrons. The quantitative estimate of drug-likeness (QED) is 0.456. The minimum Gasteiger partial charge on any atom is -0.475 e. The molecular weight excluding hydrogens is 415 g/mol. The topological polar surface area (TPSA) is 118 Å². The largest absolute Gasteiger partial charge is 0.490 e. The van der Waals surface area contributed by atoms with Crippen LogP contribution >= 0.6 is 22.7 Å². The van der Waals surface area contributed by atoms with Gasteiger partial charge in [-0.05, 0) is 12.1 Å². The second-order valence-corrected chi connectivity index (χ2v) is 7.07. The minimum atomic E-state index is -5.08. The summed E-state index contributed by atoms with van der Waals surface area (Å²) in [4.78, 5) is 25.5. The standard InChI is InChI=1S/C14H11N5S2.C2HF3O2/c15-4-12-18-11(7-20-12)14-19-10(6-21-14)9-5-17-13-8(9)2-1-3-16-13;3-2(4,5)1(6)7/h1-3,5-7H,4,15H2,(H,16,17);(H,6,7). The van der Waals surface area contributed by atoms with Crippen LogP contribution in [-0.2, 0) is 11.3 Å². The molecule has 146 valence electrons. The number of halogens is 3. The summed E-state index contributed by atoms with van der Waals surface area (Å²) >= 11 is 3.16. The summed E-state index contributed by atoms with van der Waals surface area (Å²) in [6.45, 7) is 0.469. The molecule has 0 aliphatic heterocycles. The van der Waals surface area contributed by atoms with Crippen LogP contribution in [0.2, 0.25) is 0 Å². The molecule has 0 aliphatic rings. The molecule has 4 N–H and O–H groups in total. The van der Waals surface area contributed by atoms with Gasteiger partial charge in [0.25, 0.3) is 0 Å². The SMILES string of the molecule is NCc1nc(-c2nc(-c3c[nH]c4ncccc34)cs2)cs1.O=C(O)C(F)(F)F. The van der Waals surface area contributed by atoms with Gasteiger partial charge >= 0.3 is 12.1 Å². The highest BCUT2D eigenvalue weighted by molar-refractivity contribution is 7.14. The van der Waals surface area contributed by atoms with Crippen LogP contribution in [0.4, 0.5) is 13.2 Å². The number of hydrogen-bond donors (Lipinski definition) is 3. The third-order valence-electron chi connectivity index (χ3n) is 3.42. The van der Waals surface area contributed by atoms with Gasteiger partial charge in [-0.15, -0.1) is 22.7 Å². The first-order valence-corrected chi connectivity index (χ1v) is 9.38. The number of H-pyrrole nitrogens is 1. The van der Waals surface area contributed by atoms with Crippen molar-refractivity contribution >= 4 is 39.7 Å². The van der Waals surface area contributed by atoms with Crippen molar-refractivity contribution in [3.63, 3.8) is 0 Å². The van der Waals surface area contributed by atoms with E-state index in [2.05, 4.69) is 15.0 Å². The number of carboxylic acid groups (broad SMARTS) is 1. The zero-order chi connectivity index (χ0) is 20.3. The van der Waals surface area contributed by atoms with E-state index in [1.807, 2.05) is 29.1 Å². The number of aromatic nitrogens is 4. The van der Waals surface area contributed by atoms with Crippen molar-refractivity contribution in [3.05, 3.63) is 40.3 Å². The highest BCUT2D eigenvalue weighted by Gasteiger charge is 2.38. The molecule has 0 saturated heterocycles. The molecule has 0 saturated carbocycles. The number of pyridine rings is 1. The first-order chi connectivity index (χ1) is 13.3. The second kappa shape index (κ2) is 8.04. The summed E-state index contributed by atoms with van der Waals surface area (Å²) in [5.41, 5.74) is 9.39. The highest BCUT2D eigenvalue weighted by atomic mass is 32.1. The van der Waals surface area contributed by atoms with E-state index < -0.39 is 12.1 Å². The van der Waals surface area contributed by atoms with Crippen LogP contribution in [0.25, 0.3) is 33.0 Å². The van der Waals surface area contributed by atoms with Crippen molar-refractivity contribution < 1.29 is 23.1 Å². The smallest absolute Gasteiger partial charge is 0.475 e. The summed E-state index contributed by atoms with van der Waals surface area (Å²) < 4.78 is 31.7. The molecular formula is C16H12F3N5O2S2. The molecule has 0 unspecified atom stereocenters. The number of hydrogen-bond acceptors (Lipinski definition) is 7. The zero-order valence-corrected chi connectivity index (χ0v) is 15.5. The fourth-order valence-corrected chi connectivity index (χ4v) is 3.70. The number of thiazole rings is 2. The normalized spacial score (nSPS) is 11.3. The van der Waals surface area contributed by atoms with Crippen LogP contribution in [-0.4, -0.2) is 37.2 Å². The summed E-state index contributed by atoms with van der Waals surface area (Å²) in [7, 11) is 0. The highest BCUT2D eigenvalue weighted by Crippen LogP contribution is 2.32. The van der Waals surface area contributed by atoms with Gasteiger partial charge in [0, 0.05) is 40.6 Å². The number of fused-ring (bicyclic) bond motifs is 1. The second-order valence-electron chi connectivity index (χ2n) is 5.27. The summed E-state index contributed by atoms with van der Waals surface area (Å²) in [5.74, 6) is -2.76. The molecule has 0 spiro atoms. The lowest BCUT2D eigenvalue weighted by molar-refractivity contribution is -0.192. The number of nitrogens with zero attached hydrogens (tertiary/aromatic N) is 3. The molecule has 0 atom stereocenters. The van der Waals surface area contributed by atoms with Gasteiger partial charge in [-0.3, -0.25) is 0 Å². The Labute approximate surface area is 163 Å². The van der Waals surface area contributed by atoms with Gasteiger partial charge in [0.1, 0.15) is 21.4 Å². The molecule has 0 aliphatic carbocycles. The monoisotopic (exact) mass is 427 g/mol. The number of nitrogens with two attached hydrogens (primary N) is 1. The van der Waals surface area contributed by atoms with Crippen molar-refractivity contribution in [2.24, 2.45) is 5.73 Å². The maximum atomic E-state index is 10.6. The van der Waals surface area contributed by atoms with E-state index in [-0.39, 0.29) is 0 Å². The number of aromatic amines is 1. The Kier molecular flexibility index (Phi) is 5.72.